The molecule has 0 N–H and O–H groups in total. The van der Waals surface area contributed by atoms with Crippen LogP contribution in [0.4, 0.5) is 0 Å². The van der Waals surface area contributed by atoms with Gasteiger partial charge in [0, 0.05) is 6.61 Å². The van der Waals surface area contributed by atoms with Gasteiger partial charge in [0.25, 0.3) is 0 Å². The molecule has 0 amide bonds. The van der Waals surface area contributed by atoms with Gasteiger partial charge in [-0.05, 0) is 37.0 Å². The molecule has 1 fully saturated rings. The van der Waals surface area contributed by atoms with E-state index in [4.69, 9.17) is 4.74 Å². The molecule has 13 heavy (non-hydrogen) atoms. The highest BCUT2D eigenvalue weighted by Crippen LogP contribution is 2.29. The Morgan fingerprint density at radius 1 is 1.23 bits per heavy atom. The molecule has 0 spiro atoms. The lowest BCUT2D eigenvalue weighted by Crippen LogP contribution is -2.29. The highest BCUT2D eigenvalue weighted by atomic mass is 16.5. The largest absolute Gasteiger partial charge is 0.378 e. The summed E-state index contributed by atoms with van der Waals surface area (Å²) in [5.41, 5.74) is 0. The highest BCUT2D eigenvalue weighted by molar-refractivity contribution is 4.74. The zero-order valence-corrected chi connectivity index (χ0v) is 9.55. The maximum atomic E-state index is 5.77. The van der Waals surface area contributed by atoms with Gasteiger partial charge in [-0.1, -0.05) is 27.7 Å². The van der Waals surface area contributed by atoms with Gasteiger partial charge in [0.15, 0.2) is 0 Å². The minimum Gasteiger partial charge on any atom is -0.378 e. The van der Waals surface area contributed by atoms with E-state index in [9.17, 15) is 0 Å². The fourth-order valence-corrected chi connectivity index (χ4v) is 2.21. The van der Waals surface area contributed by atoms with Crippen molar-refractivity contribution in [3.05, 3.63) is 0 Å². The van der Waals surface area contributed by atoms with Gasteiger partial charge in [-0.25, -0.2) is 0 Å². The fourth-order valence-electron chi connectivity index (χ4n) is 2.21. The van der Waals surface area contributed by atoms with Crippen LogP contribution < -0.4 is 0 Å². The van der Waals surface area contributed by atoms with E-state index in [0.717, 1.165) is 24.4 Å². The molecule has 0 bridgehead atoms. The molecule has 0 aromatic rings. The topological polar surface area (TPSA) is 9.23 Å². The third-order valence-corrected chi connectivity index (χ3v) is 3.08. The van der Waals surface area contributed by atoms with Crippen molar-refractivity contribution in [1.82, 2.24) is 0 Å². The van der Waals surface area contributed by atoms with Crippen LogP contribution in [-0.4, -0.2) is 12.7 Å². The van der Waals surface area contributed by atoms with Crippen molar-refractivity contribution < 1.29 is 4.74 Å². The molecule has 1 aliphatic rings. The molecule has 1 saturated heterocycles. The molecule has 0 aromatic heterocycles. The number of hydrogen-bond acceptors (Lipinski definition) is 1. The number of ether oxygens (including phenoxy) is 1. The fraction of sp³-hybridized carbons (Fsp3) is 1.00. The average Bonchev–Trinajstić information content (AvgIpc) is 2.03. The number of rotatable bonds is 3. The summed E-state index contributed by atoms with van der Waals surface area (Å²) in [6.45, 7) is 10.2. The molecule has 2 unspecified atom stereocenters. The van der Waals surface area contributed by atoms with E-state index in [1.807, 2.05) is 0 Å². The van der Waals surface area contributed by atoms with Crippen LogP contribution in [0.5, 0.6) is 0 Å². The Morgan fingerprint density at radius 2 is 1.92 bits per heavy atom. The first-order chi connectivity index (χ1) is 6.09. The van der Waals surface area contributed by atoms with Crippen molar-refractivity contribution in [2.45, 2.75) is 53.1 Å². The predicted molar refractivity (Wildman–Crippen MR) is 56.8 cm³/mol. The molecular weight excluding hydrogens is 160 g/mol. The molecule has 78 valence electrons. The SMILES string of the molecule is CC(C)CC1CC(C(C)C)CCO1. The van der Waals surface area contributed by atoms with E-state index in [2.05, 4.69) is 27.7 Å². The molecule has 1 rings (SSSR count). The Hall–Kier alpha value is -0.0400. The van der Waals surface area contributed by atoms with Gasteiger partial charge in [-0.2, -0.15) is 0 Å². The van der Waals surface area contributed by atoms with Crippen molar-refractivity contribution in [3.63, 3.8) is 0 Å². The molecule has 1 aliphatic heterocycles. The molecule has 1 heterocycles. The van der Waals surface area contributed by atoms with Crippen LogP contribution in [0.15, 0.2) is 0 Å². The minimum atomic E-state index is 0.543. The Morgan fingerprint density at radius 3 is 2.46 bits per heavy atom. The average molecular weight is 184 g/mol. The Labute approximate surface area is 82.9 Å². The summed E-state index contributed by atoms with van der Waals surface area (Å²) >= 11 is 0. The summed E-state index contributed by atoms with van der Waals surface area (Å²) in [4.78, 5) is 0. The minimum absolute atomic E-state index is 0.543. The van der Waals surface area contributed by atoms with Crippen LogP contribution in [-0.2, 0) is 4.74 Å². The van der Waals surface area contributed by atoms with Gasteiger partial charge >= 0.3 is 0 Å². The van der Waals surface area contributed by atoms with Gasteiger partial charge in [0.1, 0.15) is 0 Å². The number of hydrogen-bond donors (Lipinski definition) is 0. The van der Waals surface area contributed by atoms with Crippen molar-refractivity contribution in [3.8, 4) is 0 Å². The van der Waals surface area contributed by atoms with E-state index >= 15 is 0 Å². The molecule has 1 nitrogen and oxygen atoms in total. The lowest BCUT2D eigenvalue weighted by Gasteiger charge is -2.32. The summed E-state index contributed by atoms with van der Waals surface area (Å²) in [5, 5.41) is 0. The van der Waals surface area contributed by atoms with Crippen LogP contribution in [0.1, 0.15) is 47.0 Å². The molecule has 2 atom stereocenters. The second kappa shape index (κ2) is 4.99. The van der Waals surface area contributed by atoms with E-state index < -0.39 is 0 Å². The van der Waals surface area contributed by atoms with E-state index in [0.29, 0.717) is 6.10 Å². The summed E-state index contributed by atoms with van der Waals surface area (Å²) in [6, 6.07) is 0. The molecular formula is C12H24O. The van der Waals surface area contributed by atoms with E-state index in [1.54, 1.807) is 0 Å². The summed E-state index contributed by atoms with van der Waals surface area (Å²) < 4.78 is 5.77. The van der Waals surface area contributed by atoms with Crippen LogP contribution >= 0.6 is 0 Å². The van der Waals surface area contributed by atoms with Crippen LogP contribution in [0, 0.1) is 17.8 Å². The van der Waals surface area contributed by atoms with Gasteiger partial charge in [-0.15, -0.1) is 0 Å². The Bertz CT molecular complexity index is 140. The Balaban J connectivity index is 2.33. The molecule has 0 saturated carbocycles. The zero-order valence-electron chi connectivity index (χ0n) is 9.55. The van der Waals surface area contributed by atoms with E-state index in [-0.39, 0.29) is 0 Å². The van der Waals surface area contributed by atoms with Crippen molar-refractivity contribution in [2.75, 3.05) is 6.61 Å². The first kappa shape index (κ1) is 11.0. The standard InChI is InChI=1S/C12H24O/c1-9(2)7-12-8-11(10(3)4)5-6-13-12/h9-12H,5-8H2,1-4H3. The van der Waals surface area contributed by atoms with Gasteiger partial charge in [0.05, 0.1) is 6.10 Å². The Kier molecular flexibility index (Phi) is 4.24. The van der Waals surface area contributed by atoms with Gasteiger partial charge < -0.3 is 4.74 Å². The van der Waals surface area contributed by atoms with Gasteiger partial charge in [-0.3, -0.25) is 0 Å². The van der Waals surface area contributed by atoms with Crippen molar-refractivity contribution in [2.24, 2.45) is 17.8 Å². The second-order valence-electron chi connectivity index (χ2n) is 5.15. The normalized spacial score (nSPS) is 30.0. The molecule has 0 aliphatic carbocycles. The van der Waals surface area contributed by atoms with Crippen LogP contribution in [0.3, 0.4) is 0 Å². The summed E-state index contributed by atoms with van der Waals surface area (Å²) in [7, 11) is 0. The molecule has 0 aromatic carbocycles. The maximum absolute atomic E-state index is 5.77. The molecule has 1 heteroatoms. The van der Waals surface area contributed by atoms with Crippen molar-refractivity contribution >= 4 is 0 Å². The van der Waals surface area contributed by atoms with Crippen LogP contribution in [0.2, 0.25) is 0 Å². The lowest BCUT2D eigenvalue weighted by molar-refractivity contribution is -0.0286. The second-order valence-corrected chi connectivity index (χ2v) is 5.15. The monoisotopic (exact) mass is 184 g/mol. The van der Waals surface area contributed by atoms with Crippen molar-refractivity contribution in [1.29, 1.82) is 0 Å². The molecule has 0 radical (unpaired) electrons. The quantitative estimate of drug-likeness (QED) is 0.652. The zero-order chi connectivity index (χ0) is 9.84. The first-order valence-corrected chi connectivity index (χ1v) is 5.71. The van der Waals surface area contributed by atoms with E-state index in [1.165, 1.54) is 19.3 Å². The first-order valence-electron chi connectivity index (χ1n) is 5.71. The van der Waals surface area contributed by atoms with Crippen LogP contribution in [0.25, 0.3) is 0 Å². The highest BCUT2D eigenvalue weighted by Gasteiger charge is 2.24. The third kappa shape index (κ3) is 3.68. The third-order valence-electron chi connectivity index (χ3n) is 3.08. The maximum Gasteiger partial charge on any atom is 0.0580 e. The lowest BCUT2D eigenvalue weighted by atomic mass is 9.84. The smallest absolute Gasteiger partial charge is 0.0580 e. The predicted octanol–water partition coefficient (Wildman–Crippen LogP) is 3.48. The van der Waals surface area contributed by atoms with Gasteiger partial charge in [0.2, 0.25) is 0 Å². The summed E-state index contributed by atoms with van der Waals surface area (Å²) in [6.07, 6.45) is 4.34. The summed E-state index contributed by atoms with van der Waals surface area (Å²) in [5.74, 6) is 2.51.